The van der Waals surface area contributed by atoms with E-state index < -0.39 is 0 Å². The van der Waals surface area contributed by atoms with Crippen molar-refractivity contribution < 1.29 is 0 Å². The Bertz CT molecular complexity index is 125. The Hall–Kier alpha value is -0.520. The van der Waals surface area contributed by atoms with Crippen LogP contribution in [0.15, 0.2) is 24.8 Å². The predicted molar refractivity (Wildman–Crippen MR) is 73.3 cm³/mol. The fraction of sp³-hybridized carbons (Fsp3) is 0.733. The standard InChI is InChI=1S/C10H22.C5H8/c1-3-5-7-9-10-8-6-4-2;1-4-5(2)3/h3-10H2,1-2H3;4H,1-2H2,3H3. The molecule has 0 aliphatic rings. The van der Waals surface area contributed by atoms with Crippen LogP contribution in [0.25, 0.3) is 0 Å². The maximum Gasteiger partial charge on any atom is -0.0404 e. The van der Waals surface area contributed by atoms with E-state index in [2.05, 4.69) is 27.0 Å². The molecule has 0 fully saturated rings. The molecule has 90 valence electrons. The van der Waals surface area contributed by atoms with Gasteiger partial charge in [-0.2, -0.15) is 0 Å². The Morgan fingerprint density at radius 1 is 0.867 bits per heavy atom. The van der Waals surface area contributed by atoms with Gasteiger partial charge in [-0.3, -0.25) is 0 Å². The Kier molecular flexibility index (Phi) is 17.9. The number of allylic oxidation sites excluding steroid dienone is 2. The van der Waals surface area contributed by atoms with Crippen LogP contribution in [0.2, 0.25) is 0 Å². The van der Waals surface area contributed by atoms with Crippen molar-refractivity contribution in [3.8, 4) is 0 Å². The molecule has 0 aromatic carbocycles. The molecule has 0 heteroatoms. The first-order valence-corrected chi connectivity index (χ1v) is 6.46. The molecule has 0 saturated carbocycles. The first-order valence-electron chi connectivity index (χ1n) is 6.46. The van der Waals surface area contributed by atoms with Crippen LogP contribution in [-0.2, 0) is 0 Å². The summed E-state index contributed by atoms with van der Waals surface area (Å²) in [4.78, 5) is 0. The summed E-state index contributed by atoms with van der Waals surface area (Å²) < 4.78 is 0. The van der Waals surface area contributed by atoms with E-state index in [4.69, 9.17) is 0 Å². The minimum Gasteiger partial charge on any atom is -0.0988 e. The molecule has 0 bridgehead atoms. The van der Waals surface area contributed by atoms with Crippen molar-refractivity contribution in [3.63, 3.8) is 0 Å². The Morgan fingerprint density at radius 3 is 1.33 bits per heavy atom. The zero-order chi connectivity index (χ0) is 11.9. The molecule has 0 aliphatic heterocycles. The lowest BCUT2D eigenvalue weighted by molar-refractivity contribution is 0.585. The van der Waals surface area contributed by atoms with Gasteiger partial charge in [-0.05, 0) is 6.92 Å². The molecular formula is C15H30. The van der Waals surface area contributed by atoms with Gasteiger partial charge in [0, 0.05) is 0 Å². The first kappa shape index (κ1) is 16.9. The van der Waals surface area contributed by atoms with Gasteiger partial charge in [0.15, 0.2) is 0 Å². The number of unbranched alkanes of at least 4 members (excludes halogenated alkanes) is 7. The van der Waals surface area contributed by atoms with Crippen LogP contribution in [0.5, 0.6) is 0 Å². The Balaban J connectivity index is 0. The van der Waals surface area contributed by atoms with Gasteiger partial charge < -0.3 is 0 Å². The predicted octanol–water partition coefficient (Wildman–Crippen LogP) is 5.90. The van der Waals surface area contributed by atoms with E-state index in [1.54, 1.807) is 6.08 Å². The highest BCUT2D eigenvalue weighted by Crippen LogP contribution is 2.07. The molecule has 0 atom stereocenters. The fourth-order valence-corrected chi connectivity index (χ4v) is 1.21. The van der Waals surface area contributed by atoms with Crippen molar-refractivity contribution in [2.45, 2.75) is 72.1 Å². The highest BCUT2D eigenvalue weighted by atomic mass is 13.9. The van der Waals surface area contributed by atoms with E-state index in [-0.39, 0.29) is 0 Å². The summed E-state index contributed by atoms with van der Waals surface area (Å²) in [5, 5.41) is 0. The summed E-state index contributed by atoms with van der Waals surface area (Å²) in [7, 11) is 0. The van der Waals surface area contributed by atoms with Crippen LogP contribution in [0.3, 0.4) is 0 Å². The van der Waals surface area contributed by atoms with Crippen molar-refractivity contribution in [2.24, 2.45) is 0 Å². The van der Waals surface area contributed by atoms with Gasteiger partial charge in [0.2, 0.25) is 0 Å². The van der Waals surface area contributed by atoms with Gasteiger partial charge >= 0.3 is 0 Å². The highest BCUT2D eigenvalue weighted by Gasteiger charge is 1.87. The van der Waals surface area contributed by atoms with E-state index in [1.807, 2.05) is 6.92 Å². The summed E-state index contributed by atoms with van der Waals surface area (Å²) in [5.41, 5.74) is 1.02. The summed E-state index contributed by atoms with van der Waals surface area (Å²) in [5.74, 6) is 0. The zero-order valence-corrected chi connectivity index (χ0v) is 11.1. The molecule has 0 radical (unpaired) electrons. The quantitative estimate of drug-likeness (QED) is 0.346. The molecule has 0 rings (SSSR count). The average molecular weight is 210 g/mol. The summed E-state index contributed by atoms with van der Waals surface area (Å²) in [6.07, 6.45) is 13.2. The van der Waals surface area contributed by atoms with Crippen LogP contribution in [0.4, 0.5) is 0 Å². The third-order valence-electron chi connectivity index (χ3n) is 2.31. The summed E-state index contributed by atoms with van der Waals surface area (Å²) in [6.45, 7) is 13.5. The third-order valence-corrected chi connectivity index (χ3v) is 2.31. The topological polar surface area (TPSA) is 0 Å². The van der Waals surface area contributed by atoms with E-state index in [0.717, 1.165) is 5.57 Å². The van der Waals surface area contributed by atoms with Crippen LogP contribution < -0.4 is 0 Å². The Labute approximate surface area is 97.5 Å². The normalized spacial score (nSPS) is 9.00. The largest absolute Gasteiger partial charge is 0.0988 e. The van der Waals surface area contributed by atoms with Crippen molar-refractivity contribution in [2.75, 3.05) is 0 Å². The lowest BCUT2D eigenvalue weighted by Crippen LogP contribution is -1.77. The van der Waals surface area contributed by atoms with E-state index in [0.29, 0.717) is 0 Å². The molecule has 0 heterocycles. The highest BCUT2D eigenvalue weighted by molar-refractivity contribution is 5.05. The van der Waals surface area contributed by atoms with Gasteiger partial charge in [0.25, 0.3) is 0 Å². The number of rotatable bonds is 8. The minimum atomic E-state index is 1.02. The SMILES string of the molecule is C=CC(=C)C.CCCCCCCCCC. The van der Waals surface area contributed by atoms with Crippen molar-refractivity contribution in [1.29, 1.82) is 0 Å². The second kappa shape index (κ2) is 15.9. The van der Waals surface area contributed by atoms with E-state index in [9.17, 15) is 0 Å². The third kappa shape index (κ3) is 24.7. The second-order valence-electron chi connectivity index (χ2n) is 4.17. The number of hydrogen-bond donors (Lipinski definition) is 0. The van der Waals surface area contributed by atoms with Crippen molar-refractivity contribution in [1.82, 2.24) is 0 Å². The van der Waals surface area contributed by atoms with Crippen molar-refractivity contribution >= 4 is 0 Å². The molecule has 0 spiro atoms. The van der Waals surface area contributed by atoms with Gasteiger partial charge in [-0.1, -0.05) is 90.0 Å². The molecule has 0 nitrogen and oxygen atoms in total. The maximum absolute atomic E-state index is 3.56. The Morgan fingerprint density at radius 2 is 1.13 bits per heavy atom. The maximum atomic E-state index is 3.56. The van der Waals surface area contributed by atoms with E-state index in [1.165, 1.54) is 51.4 Å². The summed E-state index contributed by atoms with van der Waals surface area (Å²) in [6, 6.07) is 0. The van der Waals surface area contributed by atoms with Crippen molar-refractivity contribution in [3.05, 3.63) is 24.8 Å². The molecule has 0 aromatic rings. The second-order valence-corrected chi connectivity index (χ2v) is 4.17. The van der Waals surface area contributed by atoms with Gasteiger partial charge in [-0.25, -0.2) is 0 Å². The van der Waals surface area contributed by atoms with Crippen LogP contribution in [0.1, 0.15) is 72.1 Å². The molecule has 0 N–H and O–H groups in total. The van der Waals surface area contributed by atoms with Gasteiger partial charge in [0.05, 0.1) is 0 Å². The molecule has 0 aliphatic carbocycles. The number of hydrogen-bond acceptors (Lipinski definition) is 0. The first-order chi connectivity index (χ1) is 7.18. The lowest BCUT2D eigenvalue weighted by atomic mass is 10.1. The van der Waals surface area contributed by atoms with E-state index >= 15 is 0 Å². The molecule has 0 saturated heterocycles. The molecular weight excluding hydrogens is 180 g/mol. The van der Waals surface area contributed by atoms with Crippen LogP contribution in [-0.4, -0.2) is 0 Å². The van der Waals surface area contributed by atoms with Crippen LogP contribution >= 0.6 is 0 Å². The lowest BCUT2D eigenvalue weighted by Gasteiger charge is -1.97. The van der Waals surface area contributed by atoms with Gasteiger partial charge in [-0.15, -0.1) is 0 Å². The van der Waals surface area contributed by atoms with Crippen LogP contribution in [0, 0.1) is 0 Å². The molecule has 15 heavy (non-hydrogen) atoms. The fourth-order valence-electron chi connectivity index (χ4n) is 1.21. The van der Waals surface area contributed by atoms with Gasteiger partial charge in [0.1, 0.15) is 0 Å². The smallest absolute Gasteiger partial charge is 0.0404 e. The monoisotopic (exact) mass is 210 g/mol. The molecule has 0 unspecified atom stereocenters. The average Bonchev–Trinajstić information content (AvgIpc) is 2.24. The minimum absolute atomic E-state index is 1.02. The summed E-state index contributed by atoms with van der Waals surface area (Å²) >= 11 is 0. The molecule has 0 aromatic heterocycles. The molecule has 0 amide bonds. The zero-order valence-electron chi connectivity index (χ0n) is 11.1.